The zero-order valence-electron chi connectivity index (χ0n) is 13.7. The summed E-state index contributed by atoms with van der Waals surface area (Å²) >= 11 is 0. The molecule has 2 aliphatic heterocycles. The Morgan fingerprint density at radius 1 is 1.12 bits per heavy atom. The van der Waals surface area contributed by atoms with Gasteiger partial charge >= 0.3 is 0 Å². The molecule has 124 valence electrons. The van der Waals surface area contributed by atoms with E-state index in [9.17, 15) is 4.79 Å². The number of aromatic nitrogens is 2. The zero-order valence-corrected chi connectivity index (χ0v) is 13.7. The fourth-order valence-electron chi connectivity index (χ4n) is 4.13. The molecule has 2 aliphatic rings. The topological polar surface area (TPSA) is 58.1 Å². The van der Waals surface area contributed by atoms with Crippen LogP contribution < -0.4 is 5.32 Å². The van der Waals surface area contributed by atoms with Crippen molar-refractivity contribution in [3.63, 3.8) is 0 Å². The fourth-order valence-corrected chi connectivity index (χ4v) is 4.13. The molecule has 1 spiro atoms. The highest BCUT2D eigenvalue weighted by Crippen LogP contribution is 2.43. The minimum absolute atomic E-state index is 0.0982. The summed E-state index contributed by atoms with van der Waals surface area (Å²) in [6, 6.07) is 10.1. The number of piperidine rings is 1. The molecule has 0 radical (unpaired) electrons. The summed E-state index contributed by atoms with van der Waals surface area (Å²) in [4.78, 5) is 23.1. The first-order valence-electron chi connectivity index (χ1n) is 8.58. The molecule has 24 heavy (non-hydrogen) atoms. The van der Waals surface area contributed by atoms with Crippen LogP contribution in [-0.4, -0.2) is 39.4 Å². The lowest BCUT2D eigenvalue weighted by Gasteiger charge is -2.42. The molecule has 4 heterocycles. The normalized spacial score (nSPS) is 23.3. The minimum atomic E-state index is -0.0982. The third-order valence-corrected chi connectivity index (χ3v) is 5.41. The number of nitrogens with one attached hydrogen (secondary N) is 1. The molecule has 1 atom stereocenters. The highest BCUT2D eigenvalue weighted by atomic mass is 16.2. The Morgan fingerprint density at radius 3 is 2.62 bits per heavy atom. The summed E-state index contributed by atoms with van der Waals surface area (Å²) in [7, 11) is 0. The summed E-state index contributed by atoms with van der Waals surface area (Å²) < 4.78 is 0. The predicted molar refractivity (Wildman–Crippen MR) is 91.2 cm³/mol. The molecule has 0 saturated carbocycles. The molecule has 2 aromatic heterocycles. The second kappa shape index (κ2) is 6.32. The molecule has 1 amide bonds. The van der Waals surface area contributed by atoms with E-state index in [4.69, 9.17) is 0 Å². The molecule has 5 nitrogen and oxygen atoms in total. The Labute approximate surface area is 142 Å². The van der Waals surface area contributed by atoms with E-state index >= 15 is 0 Å². The Hall–Kier alpha value is -2.27. The predicted octanol–water partition coefficient (Wildman–Crippen LogP) is 2.11. The second-order valence-electron chi connectivity index (χ2n) is 6.84. The average molecular weight is 322 g/mol. The van der Waals surface area contributed by atoms with Crippen LogP contribution >= 0.6 is 0 Å². The fraction of sp³-hybridized carbons (Fsp3) is 0.421. The van der Waals surface area contributed by atoms with E-state index < -0.39 is 0 Å². The van der Waals surface area contributed by atoms with Crippen LogP contribution in [0.3, 0.4) is 0 Å². The lowest BCUT2D eigenvalue weighted by molar-refractivity contribution is -0.120. The van der Waals surface area contributed by atoms with E-state index in [0.717, 1.165) is 38.2 Å². The molecule has 0 aliphatic carbocycles. The van der Waals surface area contributed by atoms with Crippen molar-refractivity contribution in [2.45, 2.75) is 37.3 Å². The van der Waals surface area contributed by atoms with Crippen LogP contribution in [0.15, 0.2) is 48.9 Å². The van der Waals surface area contributed by atoms with Gasteiger partial charge in [0.1, 0.15) is 0 Å². The van der Waals surface area contributed by atoms with E-state index in [-0.39, 0.29) is 17.4 Å². The molecule has 1 N–H and O–H groups in total. The number of amides is 1. The maximum Gasteiger partial charge on any atom is 0.221 e. The van der Waals surface area contributed by atoms with E-state index in [1.165, 1.54) is 5.56 Å². The molecule has 2 saturated heterocycles. The minimum Gasteiger partial charge on any atom is -0.350 e. The van der Waals surface area contributed by atoms with Crippen molar-refractivity contribution in [1.29, 1.82) is 0 Å². The third kappa shape index (κ3) is 2.91. The number of pyridine rings is 2. The van der Waals surface area contributed by atoms with Gasteiger partial charge in [0.15, 0.2) is 0 Å². The highest BCUT2D eigenvalue weighted by Gasteiger charge is 2.48. The second-order valence-corrected chi connectivity index (χ2v) is 6.84. The first-order valence-corrected chi connectivity index (χ1v) is 8.58. The molecule has 4 rings (SSSR count). The van der Waals surface area contributed by atoms with E-state index in [1.54, 1.807) is 0 Å². The lowest BCUT2D eigenvalue weighted by Crippen LogP contribution is -2.53. The molecule has 0 aromatic carbocycles. The van der Waals surface area contributed by atoms with Crippen LogP contribution in [0, 0.1) is 0 Å². The van der Waals surface area contributed by atoms with Crippen LogP contribution in [0.4, 0.5) is 0 Å². The van der Waals surface area contributed by atoms with Crippen LogP contribution in [-0.2, 0) is 11.3 Å². The Morgan fingerprint density at radius 2 is 1.92 bits per heavy atom. The van der Waals surface area contributed by atoms with Crippen molar-refractivity contribution in [2.75, 3.05) is 13.1 Å². The van der Waals surface area contributed by atoms with Crippen molar-refractivity contribution in [2.24, 2.45) is 0 Å². The van der Waals surface area contributed by atoms with Gasteiger partial charge in [-0.1, -0.05) is 6.07 Å². The number of rotatable bonds is 3. The van der Waals surface area contributed by atoms with Crippen molar-refractivity contribution in [3.05, 3.63) is 60.2 Å². The molecular weight excluding hydrogens is 300 g/mol. The van der Waals surface area contributed by atoms with Gasteiger partial charge in [-0.3, -0.25) is 19.7 Å². The Balaban J connectivity index is 1.47. The molecule has 2 aromatic rings. The zero-order chi connectivity index (χ0) is 16.4. The summed E-state index contributed by atoms with van der Waals surface area (Å²) in [6.07, 6.45) is 8.04. The van der Waals surface area contributed by atoms with Gasteiger partial charge in [-0.15, -0.1) is 0 Å². The quantitative estimate of drug-likeness (QED) is 0.940. The molecular formula is C19H22N4O. The number of hydrogen-bond donors (Lipinski definition) is 1. The van der Waals surface area contributed by atoms with Gasteiger partial charge in [0.25, 0.3) is 0 Å². The number of nitrogens with zero attached hydrogens (tertiary/aromatic N) is 3. The van der Waals surface area contributed by atoms with Gasteiger partial charge in [-0.25, -0.2) is 0 Å². The van der Waals surface area contributed by atoms with Crippen molar-refractivity contribution in [1.82, 2.24) is 20.2 Å². The van der Waals surface area contributed by atoms with Crippen LogP contribution in [0.25, 0.3) is 0 Å². The van der Waals surface area contributed by atoms with Crippen molar-refractivity contribution >= 4 is 5.91 Å². The number of hydrogen-bond acceptors (Lipinski definition) is 4. The summed E-state index contributed by atoms with van der Waals surface area (Å²) in [5, 5.41) is 3.30. The molecule has 2 fully saturated rings. The van der Waals surface area contributed by atoms with Gasteiger partial charge in [-0.2, -0.15) is 0 Å². The monoisotopic (exact) mass is 322 g/mol. The summed E-state index contributed by atoms with van der Waals surface area (Å²) in [6.45, 7) is 2.85. The Kier molecular flexibility index (Phi) is 4.02. The largest absolute Gasteiger partial charge is 0.350 e. The number of carbonyl (C=O) groups is 1. The molecule has 0 bridgehead atoms. The van der Waals surface area contributed by atoms with E-state index in [2.05, 4.69) is 26.3 Å². The lowest BCUT2D eigenvalue weighted by atomic mass is 9.74. The Bertz CT molecular complexity index is 696. The van der Waals surface area contributed by atoms with Crippen molar-refractivity contribution in [3.8, 4) is 0 Å². The van der Waals surface area contributed by atoms with Gasteiger partial charge in [-0.05, 0) is 42.7 Å². The van der Waals surface area contributed by atoms with Crippen molar-refractivity contribution < 1.29 is 4.79 Å². The number of likely N-dealkylation sites (tertiary alicyclic amines) is 1. The van der Waals surface area contributed by atoms with E-state index in [1.807, 2.05) is 42.9 Å². The highest BCUT2D eigenvalue weighted by molar-refractivity contribution is 5.81. The standard InChI is InChI=1S/C19H22N4O/c24-18-13-17(15-4-9-20-10-5-15)19(22-18)6-11-23(12-7-19)14-16-3-1-2-8-21-16/h1-5,8-10,17H,6-7,11-14H2,(H,22,24). The molecule has 1 unspecified atom stereocenters. The first kappa shape index (κ1) is 15.3. The summed E-state index contributed by atoms with van der Waals surface area (Å²) in [5.74, 6) is 0.431. The van der Waals surface area contributed by atoms with Crippen LogP contribution in [0.2, 0.25) is 0 Å². The first-order chi connectivity index (χ1) is 11.8. The third-order valence-electron chi connectivity index (χ3n) is 5.41. The van der Waals surface area contributed by atoms with Gasteiger partial charge < -0.3 is 5.32 Å². The van der Waals surface area contributed by atoms with Gasteiger partial charge in [0.05, 0.1) is 5.69 Å². The van der Waals surface area contributed by atoms with Gasteiger partial charge in [0, 0.05) is 56.1 Å². The summed E-state index contributed by atoms with van der Waals surface area (Å²) in [5.41, 5.74) is 2.23. The van der Waals surface area contributed by atoms with E-state index in [0.29, 0.717) is 6.42 Å². The SMILES string of the molecule is O=C1CC(c2ccncc2)C2(CCN(Cc3ccccn3)CC2)N1. The smallest absolute Gasteiger partial charge is 0.221 e. The number of carbonyl (C=O) groups excluding carboxylic acids is 1. The van der Waals surface area contributed by atoms with Crippen LogP contribution in [0.1, 0.15) is 36.4 Å². The maximum atomic E-state index is 12.1. The van der Waals surface area contributed by atoms with Crippen LogP contribution in [0.5, 0.6) is 0 Å². The average Bonchev–Trinajstić information content (AvgIpc) is 2.95. The maximum absolute atomic E-state index is 12.1. The van der Waals surface area contributed by atoms with Gasteiger partial charge in [0.2, 0.25) is 5.91 Å². The molecule has 5 heteroatoms.